The lowest BCUT2D eigenvalue weighted by Gasteiger charge is -1.99. The first kappa shape index (κ1) is 19.0. The van der Waals surface area contributed by atoms with E-state index in [9.17, 15) is 4.79 Å². The van der Waals surface area contributed by atoms with Crippen LogP contribution < -0.4 is 0 Å². The van der Waals surface area contributed by atoms with Gasteiger partial charge in [-0.3, -0.25) is 0 Å². The summed E-state index contributed by atoms with van der Waals surface area (Å²) in [4.78, 5) is 10.5. The van der Waals surface area contributed by atoms with Gasteiger partial charge in [-0.2, -0.15) is 5.26 Å². The van der Waals surface area contributed by atoms with Gasteiger partial charge in [0.2, 0.25) is 0 Å². The third-order valence-electron chi connectivity index (χ3n) is 3.86. The molecule has 26 heavy (non-hydrogen) atoms. The van der Waals surface area contributed by atoms with E-state index in [0.29, 0.717) is 11.1 Å². The van der Waals surface area contributed by atoms with E-state index in [1.165, 1.54) is 11.1 Å². The number of benzene rings is 3. The molecule has 0 radical (unpaired) electrons. The second-order valence-corrected chi connectivity index (χ2v) is 5.81. The first-order chi connectivity index (χ1) is 12.6. The van der Waals surface area contributed by atoms with Crippen LogP contribution in [-0.4, -0.2) is 11.1 Å². The van der Waals surface area contributed by atoms with Crippen molar-refractivity contribution in [2.24, 2.45) is 0 Å². The number of nitriles is 1. The van der Waals surface area contributed by atoms with E-state index in [4.69, 9.17) is 10.4 Å². The fraction of sp³-hybridized carbons (Fsp3) is 0.130. The molecule has 0 aliphatic rings. The zero-order chi connectivity index (χ0) is 18.8. The molecule has 0 unspecified atom stereocenters. The van der Waals surface area contributed by atoms with Gasteiger partial charge in [0, 0.05) is 0 Å². The Morgan fingerprint density at radius 1 is 0.885 bits per heavy atom. The van der Waals surface area contributed by atoms with Crippen LogP contribution in [0.15, 0.2) is 78.9 Å². The summed E-state index contributed by atoms with van der Waals surface area (Å²) in [5.74, 6) is -0.863. The number of carbonyl (C=O) groups is 1. The lowest BCUT2D eigenvalue weighted by atomic mass is 10.0. The maximum absolute atomic E-state index is 10.5. The Balaban J connectivity index is 0.000000190. The number of carboxylic acids is 1. The van der Waals surface area contributed by atoms with Crippen LogP contribution in [0.4, 0.5) is 0 Å². The molecule has 0 atom stereocenters. The van der Waals surface area contributed by atoms with Gasteiger partial charge in [0.15, 0.2) is 0 Å². The normalized spacial score (nSPS) is 9.54. The van der Waals surface area contributed by atoms with Crippen molar-refractivity contribution < 1.29 is 9.90 Å². The first-order valence-electron chi connectivity index (χ1n) is 8.52. The number of aryl methyl sites for hydroxylation is 1. The number of carboxylic acid groups (broad SMARTS) is 1. The van der Waals surface area contributed by atoms with Crippen LogP contribution in [0.3, 0.4) is 0 Å². The van der Waals surface area contributed by atoms with Crippen LogP contribution in [-0.2, 0) is 6.42 Å². The van der Waals surface area contributed by atoms with E-state index in [1.807, 2.05) is 54.6 Å². The lowest BCUT2D eigenvalue weighted by molar-refractivity contribution is 0.0697. The lowest BCUT2D eigenvalue weighted by Crippen LogP contribution is -1.95. The van der Waals surface area contributed by atoms with Crippen LogP contribution in [0.5, 0.6) is 0 Å². The van der Waals surface area contributed by atoms with Gasteiger partial charge in [-0.1, -0.05) is 67.9 Å². The molecular weight excluding hydrogens is 322 g/mol. The molecule has 0 saturated heterocycles. The van der Waals surface area contributed by atoms with Crippen LogP contribution in [0.25, 0.3) is 11.1 Å². The number of hydrogen-bond acceptors (Lipinski definition) is 2. The molecule has 0 fully saturated rings. The molecule has 3 heteroatoms. The molecule has 0 aromatic heterocycles. The highest BCUT2D eigenvalue weighted by Gasteiger charge is 2.00. The fourth-order valence-corrected chi connectivity index (χ4v) is 2.47. The van der Waals surface area contributed by atoms with E-state index >= 15 is 0 Å². The van der Waals surface area contributed by atoms with Crippen molar-refractivity contribution >= 4 is 5.97 Å². The molecule has 0 aliphatic carbocycles. The third-order valence-corrected chi connectivity index (χ3v) is 3.86. The first-order valence-corrected chi connectivity index (χ1v) is 8.52. The maximum Gasteiger partial charge on any atom is 0.335 e. The molecule has 1 N–H and O–H groups in total. The maximum atomic E-state index is 10.5. The molecule has 3 nitrogen and oxygen atoms in total. The standard InChI is InChI=1S/C13H9N.C10H12O2/c14-10-11-6-8-13(9-7-11)12-4-2-1-3-5-12;1-2-3-8-4-6-9(7-5-8)10(11)12/h1-9H;4-7H,2-3H2,1H3,(H,11,12). The average molecular weight is 343 g/mol. The molecule has 0 amide bonds. The van der Waals surface area contributed by atoms with Gasteiger partial charge in [0.05, 0.1) is 17.2 Å². The summed E-state index contributed by atoms with van der Waals surface area (Å²) in [6, 6.07) is 26.9. The molecular formula is C23H21NO2. The highest BCUT2D eigenvalue weighted by molar-refractivity contribution is 5.87. The molecule has 3 aromatic carbocycles. The molecule has 130 valence electrons. The Labute approximate surface area is 154 Å². The molecule has 0 saturated carbocycles. The summed E-state index contributed by atoms with van der Waals surface area (Å²) in [6.07, 6.45) is 2.10. The van der Waals surface area contributed by atoms with Crippen molar-refractivity contribution in [1.29, 1.82) is 5.26 Å². The summed E-state index contributed by atoms with van der Waals surface area (Å²) < 4.78 is 0. The van der Waals surface area contributed by atoms with Gasteiger partial charge in [0.25, 0.3) is 0 Å². The largest absolute Gasteiger partial charge is 0.478 e. The highest BCUT2D eigenvalue weighted by Crippen LogP contribution is 2.18. The Morgan fingerprint density at radius 2 is 1.46 bits per heavy atom. The van der Waals surface area contributed by atoms with Crippen molar-refractivity contribution in [2.75, 3.05) is 0 Å². The summed E-state index contributed by atoms with van der Waals surface area (Å²) >= 11 is 0. The third kappa shape index (κ3) is 5.61. The fourth-order valence-electron chi connectivity index (χ4n) is 2.47. The quantitative estimate of drug-likeness (QED) is 0.674. The smallest absolute Gasteiger partial charge is 0.335 e. The molecule has 3 aromatic rings. The van der Waals surface area contributed by atoms with Gasteiger partial charge in [-0.25, -0.2) is 4.79 Å². The van der Waals surface area contributed by atoms with Gasteiger partial charge in [-0.15, -0.1) is 0 Å². The van der Waals surface area contributed by atoms with Crippen LogP contribution in [0, 0.1) is 11.3 Å². The average Bonchev–Trinajstić information content (AvgIpc) is 2.70. The Hall–Kier alpha value is -3.38. The molecule has 0 aliphatic heterocycles. The number of nitrogens with zero attached hydrogens (tertiary/aromatic N) is 1. The Kier molecular flexibility index (Phi) is 7.15. The van der Waals surface area contributed by atoms with Crippen molar-refractivity contribution in [3.63, 3.8) is 0 Å². The predicted octanol–water partition coefficient (Wildman–Crippen LogP) is 5.56. The van der Waals surface area contributed by atoms with Crippen molar-refractivity contribution in [1.82, 2.24) is 0 Å². The van der Waals surface area contributed by atoms with Gasteiger partial charge >= 0.3 is 5.97 Å². The van der Waals surface area contributed by atoms with Crippen LogP contribution in [0.2, 0.25) is 0 Å². The van der Waals surface area contributed by atoms with Crippen molar-refractivity contribution in [2.45, 2.75) is 19.8 Å². The minimum atomic E-state index is -0.863. The highest BCUT2D eigenvalue weighted by atomic mass is 16.4. The predicted molar refractivity (Wildman–Crippen MR) is 104 cm³/mol. The van der Waals surface area contributed by atoms with Gasteiger partial charge in [-0.05, 0) is 47.4 Å². The van der Waals surface area contributed by atoms with Crippen LogP contribution >= 0.6 is 0 Å². The van der Waals surface area contributed by atoms with Crippen LogP contribution in [0.1, 0.15) is 34.8 Å². The molecule has 0 heterocycles. The minimum Gasteiger partial charge on any atom is -0.478 e. The van der Waals surface area contributed by atoms with E-state index in [1.54, 1.807) is 12.1 Å². The summed E-state index contributed by atoms with van der Waals surface area (Å²) in [5.41, 5.74) is 4.57. The SMILES string of the molecule is CCCc1ccc(C(=O)O)cc1.N#Cc1ccc(-c2ccccc2)cc1. The van der Waals surface area contributed by atoms with Crippen molar-refractivity contribution in [3.8, 4) is 17.2 Å². The van der Waals surface area contributed by atoms with Gasteiger partial charge in [0.1, 0.15) is 0 Å². The van der Waals surface area contributed by atoms with E-state index in [-0.39, 0.29) is 0 Å². The minimum absolute atomic E-state index is 0.356. The second-order valence-electron chi connectivity index (χ2n) is 5.81. The number of rotatable bonds is 4. The molecule has 0 spiro atoms. The van der Waals surface area contributed by atoms with E-state index in [0.717, 1.165) is 18.4 Å². The zero-order valence-corrected chi connectivity index (χ0v) is 14.7. The van der Waals surface area contributed by atoms with Crippen molar-refractivity contribution in [3.05, 3.63) is 95.6 Å². The van der Waals surface area contributed by atoms with Gasteiger partial charge < -0.3 is 5.11 Å². The Bertz CT molecular complexity index is 861. The monoisotopic (exact) mass is 343 g/mol. The number of aromatic carboxylic acids is 1. The summed E-state index contributed by atoms with van der Waals surface area (Å²) in [5, 5.41) is 17.3. The second kappa shape index (κ2) is 9.80. The molecule has 3 rings (SSSR count). The zero-order valence-electron chi connectivity index (χ0n) is 14.7. The molecule has 0 bridgehead atoms. The summed E-state index contributed by atoms with van der Waals surface area (Å²) in [6.45, 7) is 2.10. The number of hydrogen-bond donors (Lipinski definition) is 1. The van der Waals surface area contributed by atoms with E-state index < -0.39 is 5.97 Å². The topological polar surface area (TPSA) is 61.1 Å². The summed E-state index contributed by atoms with van der Waals surface area (Å²) in [7, 11) is 0. The van der Waals surface area contributed by atoms with E-state index in [2.05, 4.69) is 25.1 Å². The Morgan fingerprint density at radius 3 is 1.96 bits per heavy atom.